The number of hydrogen-bond donors (Lipinski definition) is 0. The normalized spacial score (nSPS) is 15.8. The van der Waals surface area contributed by atoms with Crippen molar-refractivity contribution >= 4 is 27.0 Å². The highest BCUT2D eigenvalue weighted by Gasteiger charge is 2.26. The van der Waals surface area contributed by atoms with Crippen LogP contribution in [0, 0.1) is 0 Å². The van der Waals surface area contributed by atoms with Crippen molar-refractivity contribution in [3.05, 3.63) is 64.8 Å². The minimum atomic E-state index is -3.48. The molecular weight excluding hydrogens is 442 g/mol. The van der Waals surface area contributed by atoms with Gasteiger partial charge in [-0.2, -0.15) is 4.31 Å². The van der Waals surface area contributed by atoms with Gasteiger partial charge in [0.05, 0.1) is 16.3 Å². The fourth-order valence-corrected chi connectivity index (χ4v) is 6.43. The maximum Gasteiger partial charge on any atom is 0.243 e. The Kier molecular flexibility index (Phi) is 7.57. The number of sulfonamides is 1. The largest absolute Gasteiger partial charge is 0.385 e. The monoisotopic (exact) mass is 471 g/mol. The molecule has 2 heterocycles. The molecule has 0 atom stereocenters. The fraction of sp³-hybridized carbons (Fsp3) is 0.375. The van der Waals surface area contributed by atoms with Crippen LogP contribution in [0.15, 0.2) is 69.9 Å². The molecule has 8 heteroatoms. The van der Waals surface area contributed by atoms with Crippen LogP contribution < -0.4 is 4.80 Å². The third-order valence-electron chi connectivity index (χ3n) is 5.59. The SMILES string of the molecule is COCCCn1c(-c2cccc(S(=O)(=O)N3CCCCC3)c2)csc1=Nc1ccccc1. The first-order valence-corrected chi connectivity index (χ1v) is 13.3. The van der Waals surface area contributed by atoms with Crippen LogP contribution in [0.4, 0.5) is 5.69 Å². The fourth-order valence-electron chi connectivity index (χ4n) is 3.92. The van der Waals surface area contributed by atoms with Crippen molar-refractivity contribution < 1.29 is 13.2 Å². The Hall–Kier alpha value is -2.26. The van der Waals surface area contributed by atoms with E-state index in [0.29, 0.717) is 24.6 Å². The van der Waals surface area contributed by atoms with Crippen LogP contribution >= 0.6 is 11.3 Å². The molecule has 32 heavy (non-hydrogen) atoms. The van der Waals surface area contributed by atoms with E-state index in [1.54, 1.807) is 34.9 Å². The number of ether oxygens (including phenoxy) is 1. The van der Waals surface area contributed by atoms with E-state index < -0.39 is 10.0 Å². The number of aromatic nitrogens is 1. The van der Waals surface area contributed by atoms with E-state index in [1.807, 2.05) is 42.5 Å². The Morgan fingerprint density at radius 3 is 2.56 bits per heavy atom. The van der Waals surface area contributed by atoms with Crippen LogP contribution in [0.5, 0.6) is 0 Å². The zero-order chi connectivity index (χ0) is 22.4. The lowest BCUT2D eigenvalue weighted by Gasteiger charge is -2.26. The molecule has 0 amide bonds. The van der Waals surface area contributed by atoms with Crippen LogP contribution in [0.25, 0.3) is 11.3 Å². The Labute approximate surface area is 193 Å². The van der Waals surface area contributed by atoms with Gasteiger partial charge in [0, 0.05) is 44.3 Å². The van der Waals surface area contributed by atoms with Crippen molar-refractivity contribution in [1.29, 1.82) is 0 Å². The molecule has 0 saturated carbocycles. The van der Waals surface area contributed by atoms with E-state index in [4.69, 9.17) is 9.73 Å². The maximum absolute atomic E-state index is 13.2. The van der Waals surface area contributed by atoms with Gasteiger partial charge in [0.1, 0.15) is 0 Å². The molecule has 1 aliphatic heterocycles. The van der Waals surface area contributed by atoms with Gasteiger partial charge in [-0.3, -0.25) is 0 Å². The van der Waals surface area contributed by atoms with Crippen molar-refractivity contribution in [2.45, 2.75) is 37.1 Å². The first-order chi connectivity index (χ1) is 15.6. The molecule has 0 aliphatic carbocycles. The first-order valence-electron chi connectivity index (χ1n) is 11.0. The van der Waals surface area contributed by atoms with Gasteiger partial charge < -0.3 is 9.30 Å². The molecule has 1 aromatic heterocycles. The van der Waals surface area contributed by atoms with E-state index in [-0.39, 0.29) is 0 Å². The number of thiazole rings is 1. The minimum absolute atomic E-state index is 0.355. The third kappa shape index (κ3) is 5.20. The van der Waals surface area contributed by atoms with Crippen LogP contribution in [0.2, 0.25) is 0 Å². The summed E-state index contributed by atoms with van der Waals surface area (Å²) in [6.45, 7) is 2.59. The van der Waals surface area contributed by atoms with Crippen molar-refractivity contribution in [3.63, 3.8) is 0 Å². The number of nitrogens with zero attached hydrogens (tertiary/aromatic N) is 3. The molecule has 1 fully saturated rings. The molecule has 0 unspecified atom stereocenters. The number of para-hydroxylation sites is 1. The predicted molar refractivity (Wildman–Crippen MR) is 129 cm³/mol. The van der Waals surface area contributed by atoms with Crippen LogP contribution in [-0.4, -0.2) is 44.1 Å². The number of rotatable bonds is 8. The summed E-state index contributed by atoms with van der Waals surface area (Å²) in [5.41, 5.74) is 2.74. The highest BCUT2D eigenvalue weighted by Crippen LogP contribution is 2.27. The summed E-state index contributed by atoms with van der Waals surface area (Å²) in [5, 5.41) is 2.06. The Bertz CT molecular complexity index is 1190. The minimum Gasteiger partial charge on any atom is -0.385 e. The van der Waals surface area contributed by atoms with Crippen LogP contribution in [0.1, 0.15) is 25.7 Å². The van der Waals surface area contributed by atoms with Gasteiger partial charge in [-0.05, 0) is 43.5 Å². The molecule has 1 aliphatic rings. The molecule has 0 N–H and O–H groups in total. The van der Waals surface area contributed by atoms with Crippen molar-refractivity contribution in [2.24, 2.45) is 4.99 Å². The summed E-state index contributed by atoms with van der Waals surface area (Å²) >= 11 is 1.56. The lowest BCUT2D eigenvalue weighted by Crippen LogP contribution is -2.35. The Balaban J connectivity index is 1.73. The summed E-state index contributed by atoms with van der Waals surface area (Å²) in [4.78, 5) is 6.06. The van der Waals surface area contributed by atoms with Crippen LogP contribution in [-0.2, 0) is 21.3 Å². The molecule has 170 valence electrons. The average molecular weight is 472 g/mol. The van der Waals surface area contributed by atoms with Crippen LogP contribution in [0.3, 0.4) is 0 Å². The van der Waals surface area contributed by atoms with Gasteiger partial charge in [0.2, 0.25) is 10.0 Å². The van der Waals surface area contributed by atoms with E-state index in [1.165, 1.54) is 0 Å². The number of piperidine rings is 1. The quantitative estimate of drug-likeness (QED) is 0.449. The van der Waals surface area contributed by atoms with E-state index in [2.05, 4.69) is 9.95 Å². The molecule has 6 nitrogen and oxygen atoms in total. The maximum atomic E-state index is 13.2. The zero-order valence-corrected chi connectivity index (χ0v) is 19.9. The van der Waals surface area contributed by atoms with Crippen molar-refractivity contribution in [1.82, 2.24) is 8.87 Å². The molecule has 3 aromatic rings. The lowest BCUT2D eigenvalue weighted by atomic mass is 10.2. The molecule has 0 radical (unpaired) electrons. The molecule has 0 bridgehead atoms. The predicted octanol–water partition coefficient (Wildman–Crippen LogP) is 4.66. The highest BCUT2D eigenvalue weighted by atomic mass is 32.2. The second-order valence-electron chi connectivity index (χ2n) is 7.84. The highest BCUT2D eigenvalue weighted by molar-refractivity contribution is 7.89. The van der Waals surface area contributed by atoms with E-state index in [0.717, 1.165) is 54.0 Å². The summed E-state index contributed by atoms with van der Waals surface area (Å²) < 4.78 is 35.4. The van der Waals surface area contributed by atoms with E-state index >= 15 is 0 Å². The lowest BCUT2D eigenvalue weighted by molar-refractivity contribution is 0.190. The van der Waals surface area contributed by atoms with Gasteiger partial charge in [-0.25, -0.2) is 13.4 Å². The van der Waals surface area contributed by atoms with Gasteiger partial charge in [0.15, 0.2) is 4.80 Å². The summed E-state index contributed by atoms with van der Waals surface area (Å²) in [6.07, 6.45) is 3.78. The Morgan fingerprint density at radius 2 is 1.81 bits per heavy atom. The van der Waals surface area contributed by atoms with Gasteiger partial charge in [0.25, 0.3) is 0 Å². The van der Waals surface area contributed by atoms with Crippen molar-refractivity contribution in [2.75, 3.05) is 26.8 Å². The third-order valence-corrected chi connectivity index (χ3v) is 8.35. The molecule has 1 saturated heterocycles. The summed E-state index contributed by atoms with van der Waals surface area (Å²) in [5.74, 6) is 0. The summed E-state index contributed by atoms with van der Waals surface area (Å²) in [6, 6.07) is 17.2. The molecular formula is C24H29N3O3S2. The average Bonchev–Trinajstić information content (AvgIpc) is 3.23. The number of benzene rings is 2. The van der Waals surface area contributed by atoms with Gasteiger partial charge >= 0.3 is 0 Å². The number of hydrogen-bond acceptors (Lipinski definition) is 5. The molecule has 4 rings (SSSR count). The molecule has 0 spiro atoms. The second-order valence-corrected chi connectivity index (χ2v) is 10.6. The Morgan fingerprint density at radius 1 is 1.03 bits per heavy atom. The standard InChI is InChI=1S/C24H29N3O3S2/c1-30-17-9-16-27-23(19-31-24(27)25-21-11-4-2-5-12-21)20-10-8-13-22(18-20)32(28,29)26-14-6-3-7-15-26/h2,4-5,8,10-13,18-19H,3,6-7,9,14-17H2,1H3. The van der Waals surface area contributed by atoms with Gasteiger partial charge in [-0.15, -0.1) is 11.3 Å². The molecule has 2 aromatic carbocycles. The topological polar surface area (TPSA) is 63.9 Å². The first kappa shape index (κ1) is 22.9. The second kappa shape index (κ2) is 10.6. The van der Waals surface area contributed by atoms with Gasteiger partial charge in [-0.1, -0.05) is 36.8 Å². The zero-order valence-electron chi connectivity index (χ0n) is 18.3. The summed E-state index contributed by atoms with van der Waals surface area (Å²) in [7, 11) is -1.79. The van der Waals surface area contributed by atoms with Crippen molar-refractivity contribution in [3.8, 4) is 11.3 Å². The van der Waals surface area contributed by atoms with E-state index in [9.17, 15) is 8.42 Å². The number of methoxy groups -OCH3 is 1. The smallest absolute Gasteiger partial charge is 0.243 e.